The van der Waals surface area contributed by atoms with Crippen LogP contribution in [0, 0.1) is 0 Å². The van der Waals surface area contributed by atoms with Gasteiger partial charge in [-0.05, 0) is 13.3 Å². The van der Waals surface area contributed by atoms with E-state index in [1.54, 1.807) is 11.8 Å². The molecule has 0 aromatic carbocycles. The van der Waals surface area contributed by atoms with Crippen LogP contribution in [0.1, 0.15) is 27.2 Å². The lowest BCUT2D eigenvalue weighted by Crippen LogP contribution is -2.31. The minimum Gasteiger partial charge on any atom is -0.313 e. The third-order valence-electron chi connectivity index (χ3n) is 2.22. The molecule has 2 unspecified atom stereocenters. The van der Waals surface area contributed by atoms with Gasteiger partial charge in [0.2, 0.25) is 0 Å². The molecule has 3 nitrogen and oxygen atoms in total. The highest BCUT2D eigenvalue weighted by Gasteiger charge is 2.07. The van der Waals surface area contributed by atoms with Gasteiger partial charge >= 0.3 is 0 Å². The zero-order valence-corrected chi connectivity index (χ0v) is 11.7. The van der Waals surface area contributed by atoms with Crippen molar-refractivity contribution in [2.24, 2.45) is 0 Å². The molecular weight excluding hydrogens is 230 g/mol. The predicted octanol–water partition coefficient (Wildman–Crippen LogP) is 1.54. The summed E-state index contributed by atoms with van der Waals surface area (Å²) < 4.78 is 21.8. The maximum Gasteiger partial charge on any atom is 0.148 e. The van der Waals surface area contributed by atoms with Gasteiger partial charge in [0.15, 0.2) is 0 Å². The number of hydrogen-bond donors (Lipinski definition) is 1. The fraction of sp³-hybridized carbons (Fsp3) is 1.00. The van der Waals surface area contributed by atoms with Crippen LogP contribution in [0.2, 0.25) is 0 Å². The van der Waals surface area contributed by atoms with Crippen LogP contribution in [-0.4, -0.2) is 44.0 Å². The highest BCUT2D eigenvalue weighted by Crippen LogP contribution is 2.10. The number of hydrogen-bond acceptors (Lipinski definition) is 4. The van der Waals surface area contributed by atoms with Crippen LogP contribution < -0.4 is 5.32 Å². The van der Waals surface area contributed by atoms with E-state index in [-0.39, 0.29) is 5.75 Å². The quantitative estimate of drug-likeness (QED) is 0.713. The molecular formula is C10H23NO2S2. The summed E-state index contributed by atoms with van der Waals surface area (Å²) in [6.45, 7) is 7.39. The molecule has 0 fully saturated rings. The van der Waals surface area contributed by atoms with Gasteiger partial charge in [0, 0.05) is 29.8 Å². The Balaban J connectivity index is 3.54. The molecule has 0 aromatic rings. The van der Waals surface area contributed by atoms with Crippen molar-refractivity contribution in [3.63, 3.8) is 0 Å². The maximum atomic E-state index is 10.9. The molecule has 0 aliphatic heterocycles. The van der Waals surface area contributed by atoms with Crippen LogP contribution in [0.5, 0.6) is 0 Å². The Bertz CT molecular complexity index is 252. The molecule has 0 saturated heterocycles. The fourth-order valence-corrected chi connectivity index (χ4v) is 3.18. The first kappa shape index (κ1) is 15.3. The number of nitrogens with one attached hydrogen (secondary N) is 1. The molecule has 0 spiro atoms. The largest absolute Gasteiger partial charge is 0.313 e. The zero-order chi connectivity index (χ0) is 11.9. The Hall–Kier alpha value is 0.260. The van der Waals surface area contributed by atoms with Crippen molar-refractivity contribution in [2.45, 2.75) is 38.5 Å². The summed E-state index contributed by atoms with van der Waals surface area (Å²) in [6, 6.07) is 0.544. The van der Waals surface area contributed by atoms with Crippen molar-refractivity contribution in [1.29, 1.82) is 0 Å². The Kier molecular flexibility index (Phi) is 7.65. The Morgan fingerprint density at radius 2 is 1.93 bits per heavy atom. The molecule has 0 aliphatic rings. The van der Waals surface area contributed by atoms with E-state index in [2.05, 4.69) is 26.1 Å². The molecule has 0 radical (unpaired) electrons. The van der Waals surface area contributed by atoms with E-state index < -0.39 is 9.84 Å². The SMILES string of the molecule is CCC(C)NCC(C)SCCS(C)(=O)=O. The summed E-state index contributed by atoms with van der Waals surface area (Å²) >= 11 is 1.71. The second-order valence-corrected chi connectivity index (χ2v) is 7.83. The Labute approximate surface area is 98.3 Å². The van der Waals surface area contributed by atoms with Gasteiger partial charge in [0.25, 0.3) is 0 Å². The molecule has 0 bridgehead atoms. The van der Waals surface area contributed by atoms with Crippen molar-refractivity contribution in [1.82, 2.24) is 5.32 Å². The summed E-state index contributed by atoms with van der Waals surface area (Å²) in [6.07, 6.45) is 2.41. The molecule has 0 heterocycles. The van der Waals surface area contributed by atoms with Crippen LogP contribution >= 0.6 is 11.8 Å². The highest BCUT2D eigenvalue weighted by atomic mass is 32.2. The highest BCUT2D eigenvalue weighted by molar-refractivity contribution is 8.01. The first-order valence-corrected chi connectivity index (χ1v) is 8.48. The third-order valence-corrected chi connectivity index (χ3v) is 4.60. The number of sulfone groups is 1. The Morgan fingerprint density at radius 1 is 1.33 bits per heavy atom. The van der Waals surface area contributed by atoms with Crippen LogP contribution in [0.4, 0.5) is 0 Å². The van der Waals surface area contributed by atoms with Gasteiger partial charge in [-0.2, -0.15) is 11.8 Å². The molecule has 0 rings (SSSR count). The van der Waals surface area contributed by atoms with Crippen LogP contribution in [-0.2, 0) is 9.84 Å². The van der Waals surface area contributed by atoms with Crippen molar-refractivity contribution in [2.75, 3.05) is 24.3 Å². The average molecular weight is 253 g/mol. The Morgan fingerprint density at radius 3 is 2.40 bits per heavy atom. The number of thioether (sulfide) groups is 1. The summed E-state index contributed by atoms with van der Waals surface area (Å²) in [5, 5.41) is 3.88. The molecule has 1 N–H and O–H groups in total. The first-order chi connectivity index (χ1) is 6.85. The van der Waals surface area contributed by atoms with Gasteiger partial charge < -0.3 is 5.32 Å². The molecule has 5 heteroatoms. The second-order valence-electron chi connectivity index (χ2n) is 4.03. The first-order valence-electron chi connectivity index (χ1n) is 5.38. The summed E-state index contributed by atoms with van der Waals surface area (Å²) in [7, 11) is -2.80. The standard InChI is InChI=1S/C10H23NO2S2/c1-5-9(2)11-8-10(3)14-6-7-15(4,12)13/h9-11H,5-8H2,1-4H3. The minimum atomic E-state index is -2.80. The predicted molar refractivity (Wildman–Crippen MR) is 69.4 cm³/mol. The molecule has 92 valence electrons. The minimum absolute atomic E-state index is 0.283. The summed E-state index contributed by atoms with van der Waals surface area (Å²) in [5.74, 6) is 0.980. The monoisotopic (exact) mass is 253 g/mol. The topological polar surface area (TPSA) is 46.2 Å². The van der Waals surface area contributed by atoms with Crippen LogP contribution in [0.15, 0.2) is 0 Å². The van der Waals surface area contributed by atoms with Crippen LogP contribution in [0.25, 0.3) is 0 Å². The van der Waals surface area contributed by atoms with E-state index in [0.29, 0.717) is 17.0 Å². The summed E-state index contributed by atoms with van der Waals surface area (Å²) in [4.78, 5) is 0. The lowest BCUT2D eigenvalue weighted by atomic mass is 10.2. The third kappa shape index (κ3) is 10.5. The maximum absolute atomic E-state index is 10.9. The van der Waals surface area contributed by atoms with Crippen molar-refractivity contribution in [3.8, 4) is 0 Å². The lowest BCUT2D eigenvalue weighted by molar-refractivity contribution is 0.537. The van der Waals surface area contributed by atoms with Gasteiger partial charge in [-0.15, -0.1) is 0 Å². The van der Waals surface area contributed by atoms with E-state index in [0.717, 1.165) is 13.0 Å². The van der Waals surface area contributed by atoms with Gasteiger partial charge in [-0.1, -0.05) is 13.8 Å². The van der Waals surface area contributed by atoms with E-state index >= 15 is 0 Å². The molecule has 0 aromatic heterocycles. The van der Waals surface area contributed by atoms with E-state index in [1.165, 1.54) is 6.26 Å². The normalized spacial score (nSPS) is 16.3. The molecule has 0 aliphatic carbocycles. The molecule has 15 heavy (non-hydrogen) atoms. The van der Waals surface area contributed by atoms with E-state index in [1.807, 2.05) is 0 Å². The summed E-state index contributed by atoms with van der Waals surface area (Å²) in [5.41, 5.74) is 0. The van der Waals surface area contributed by atoms with Crippen molar-refractivity contribution >= 4 is 21.6 Å². The average Bonchev–Trinajstić information content (AvgIpc) is 2.12. The molecule has 2 atom stereocenters. The van der Waals surface area contributed by atoms with Gasteiger partial charge in [0.05, 0.1) is 5.75 Å². The number of rotatable bonds is 8. The second kappa shape index (κ2) is 7.52. The fourth-order valence-electron chi connectivity index (χ4n) is 0.971. The molecule has 0 saturated carbocycles. The zero-order valence-electron chi connectivity index (χ0n) is 10.1. The van der Waals surface area contributed by atoms with Crippen molar-refractivity contribution in [3.05, 3.63) is 0 Å². The smallest absolute Gasteiger partial charge is 0.148 e. The molecule has 0 amide bonds. The van der Waals surface area contributed by atoms with Gasteiger partial charge in [-0.3, -0.25) is 0 Å². The van der Waals surface area contributed by atoms with E-state index in [4.69, 9.17) is 0 Å². The lowest BCUT2D eigenvalue weighted by Gasteiger charge is -2.15. The van der Waals surface area contributed by atoms with Gasteiger partial charge in [0.1, 0.15) is 9.84 Å². The van der Waals surface area contributed by atoms with Gasteiger partial charge in [-0.25, -0.2) is 8.42 Å². The van der Waals surface area contributed by atoms with Crippen LogP contribution in [0.3, 0.4) is 0 Å². The van der Waals surface area contributed by atoms with E-state index in [9.17, 15) is 8.42 Å². The van der Waals surface area contributed by atoms with Crippen molar-refractivity contribution < 1.29 is 8.42 Å².